The van der Waals surface area contributed by atoms with Crippen LogP contribution in [0.5, 0.6) is 5.75 Å². The Hall–Kier alpha value is -1.76. The molecule has 0 bridgehead atoms. The van der Waals surface area contributed by atoms with Crippen LogP contribution in [0.4, 0.5) is 0 Å². The minimum absolute atomic E-state index is 0. The van der Waals surface area contributed by atoms with Gasteiger partial charge < -0.3 is 15.4 Å². The minimum Gasteiger partial charge on any atom is -0.497 e. The number of benzene rings is 2. The van der Waals surface area contributed by atoms with Gasteiger partial charge in [0.05, 0.1) is 7.11 Å². The van der Waals surface area contributed by atoms with Crippen LogP contribution in [0.2, 0.25) is 0 Å². The zero-order valence-electron chi connectivity index (χ0n) is 15.4. The summed E-state index contributed by atoms with van der Waals surface area (Å²) < 4.78 is 5.25. The molecule has 0 aromatic heterocycles. The quantitative estimate of drug-likeness (QED) is 0.394. The van der Waals surface area contributed by atoms with Crippen molar-refractivity contribution >= 4 is 29.9 Å². The zero-order valence-corrected chi connectivity index (χ0v) is 17.7. The summed E-state index contributed by atoms with van der Waals surface area (Å²) in [5, 5.41) is 6.73. The first kappa shape index (κ1) is 21.3. The van der Waals surface area contributed by atoms with Gasteiger partial charge in [-0.15, -0.1) is 24.0 Å². The van der Waals surface area contributed by atoms with Crippen LogP contribution in [0.25, 0.3) is 0 Å². The Kier molecular flexibility index (Phi) is 9.34. The number of nitrogens with one attached hydrogen (secondary N) is 2. The van der Waals surface area contributed by atoms with E-state index >= 15 is 0 Å². The number of hydrogen-bond donors (Lipinski definition) is 2. The van der Waals surface area contributed by atoms with E-state index in [4.69, 9.17) is 4.74 Å². The smallest absolute Gasteiger partial charge is 0.191 e. The highest BCUT2D eigenvalue weighted by molar-refractivity contribution is 14.0. The number of halogens is 1. The first-order valence-corrected chi connectivity index (χ1v) is 8.26. The molecule has 0 fully saturated rings. The van der Waals surface area contributed by atoms with Crippen LogP contribution in [-0.2, 0) is 6.54 Å². The molecule has 25 heavy (non-hydrogen) atoms. The summed E-state index contributed by atoms with van der Waals surface area (Å²) in [6.45, 7) is 5.88. The fourth-order valence-corrected chi connectivity index (χ4v) is 2.53. The molecule has 2 rings (SSSR count). The lowest BCUT2D eigenvalue weighted by molar-refractivity contribution is 0.414. The average Bonchev–Trinajstić information content (AvgIpc) is 2.61. The molecule has 0 amide bonds. The van der Waals surface area contributed by atoms with E-state index in [0.29, 0.717) is 12.5 Å². The molecule has 0 aliphatic rings. The molecule has 0 spiro atoms. The van der Waals surface area contributed by atoms with E-state index in [-0.39, 0.29) is 24.0 Å². The normalized spacial score (nSPS) is 12.1. The van der Waals surface area contributed by atoms with Crippen LogP contribution in [0.1, 0.15) is 29.5 Å². The molecule has 2 N–H and O–H groups in total. The molecule has 1 atom stereocenters. The second kappa shape index (κ2) is 11.0. The Bertz CT molecular complexity index is 688. The molecular formula is C20H28IN3O. The van der Waals surface area contributed by atoms with Crippen LogP contribution < -0.4 is 15.4 Å². The van der Waals surface area contributed by atoms with Crippen molar-refractivity contribution in [2.24, 2.45) is 4.99 Å². The van der Waals surface area contributed by atoms with E-state index in [1.807, 2.05) is 18.2 Å². The highest BCUT2D eigenvalue weighted by atomic mass is 127. The molecule has 4 nitrogen and oxygen atoms in total. The molecule has 0 heterocycles. The van der Waals surface area contributed by atoms with Gasteiger partial charge in [0.1, 0.15) is 5.75 Å². The number of nitrogens with zero attached hydrogens (tertiary/aromatic N) is 1. The highest BCUT2D eigenvalue weighted by Gasteiger charge is 2.07. The van der Waals surface area contributed by atoms with Crippen LogP contribution in [-0.4, -0.2) is 26.7 Å². The summed E-state index contributed by atoms with van der Waals surface area (Å²) in [6.07, 6.45) is 0. The molecular weight excluding hydrogens is 425 g/mol. The van der Waals surface area contributed by atoms with Gasteiger partial charge in [0.25, 0.3) is 0 Å². The van der Waals surface area contributed by atoms with Crippen LogP contribution in [0.15, 0.2) is 53.5 Å². The maximum atomic E-state index is 5.25. The molecule has 0 aliphatic heterocycles. The number of rotatable bonds is 6. The van der Waals surface area contributed by atoms with Gasteiger partial charge in [-0.05, 0) is 36.1 Å². The van der Waals surface area contributed by atoms with Crippen molar-refractivity contribution in [3.8, 4) is 5.75 Å². The monoisotopic (exact) mass is 453 g/mol. The van der Waals surface area contributed by atoms with Gasteiger partial charge in [-0.1, -0.05) is 48.9 Å². The zero-order chi connectivity index (χ0) is 17.4. The van der Waals surface area contributed by atoms with E-state index in [9.17, 15) is 0 Å². The van der Waals surface area contributed by atoms with Crippen molar-refractivity contribution < 1.29 is 4.74 Å². The predicted molar refractivity (Wildman–Crippen MR) is 116 cm³/mol. The van der Waals surface area contributed by atoms with Crippen LogP contribution in [0, 0.1) is 6.92 Å². The third-order valence-corrected chi connectivity index (χ3v) is 4.00. The first-order valence-electron chi connectivity index (χ1n) is 8.26. The lowest BCUT2D eigenvalue weighted by Crippen LogP contribution is -2.38. The van der Waals surface area contributed by atoms with Gasteiger partial charge in [0.15, 0.2) is 5.96 Å². The molecule has 136 valence electrons. The van der Waals surface area contributed by atoms with Crippen molar-refractivity contribution in [1.29, 1.82) is 0 Å². The van der Waals surface area contributed by atoms with Gasteiger partial charge >= 0.3 is 0 Å². The summed E-state index contributed by atoms with van der Waals surface area (Å²) in [7, 11) is 3.47. The second-order valence-electron chi connectivity index (χ2n) is 5.97. The van der Waals surface area contributed by atoms with Crippen molar-refractivity contribution in [2.45, 2.75) is 26.3 Å². The fourth-order valence-electron chi connectivity index (χ4n) is 2.53. The minimum atomic E-state index is 0. The number of hydrogen-bond acceptors (Lipinski definition) is 2. The molecule has 1 unspecified atom stereocenters. The van der Waals surface area contributed by atoms with E-state index in [2.05, 4.69) is 59.8 Å². The van der Waals surface area contributed by atoms with Crippen molar-refractivity contribution in [2.75, 3.05) is 20.7 Å². The summed E-state index contributed by atoms with van der Waals surface area (Å²) in [5.41, 5.74) is 3.79. The Labute approximate surface area is 168 Å². The lowest BCUT2D eigenvalue weighted by Gasteiger charge is -2.17. The Morgan fingerprint density at radius 3 is 2.56 bits per heavy atom. The predicted octanol–water partition coefficient (Wildman–Crippen LogP) is 4.09. The van der Waals surface area contributed by atoms with Gasteiger partial charge in [-0.2, -0.15) is 0 Å². The van der Waals surface area contributed by atoms with Gasteiger partial charge in [0.2, 0.25) is 0 Å². The van der Waals surface area contributed by atoms with E-state index in [0.717, 1.165) is 23.8 Å². The van der Waals surface area contributed by atoms with Crippen molar-refractivity contribution in [1.82, 2.24) is 10.6 Å². The molecule has 0 saturated heterocycles. The van der Waals surface area contributed by atoms with E-state index < -0.39 is 0 Å². The highest BCUT2D eigenvalue weighted by Crippen LogP contribution is 2.15. The summed E-state index contributed by atoms with van der Waals surface area (Å²) in [6, 6.07) is 16.7. The largest absolute Gasteiger partial charge is 0.497 e. The fraction of sp³-hybridized carbons (Fsp3) is 0.350. The summed E-state index contributed by atoms with van der Waals surface area (Å²) in [5.74, 6) is 2.09. The Morgan fingerprint density at radius 2 is 1.88 bits per heavy atom. The number of ether oxygens (including phenoxy) is 1. The number of methoxy groups -OCH3 is 1. The SMILES string of the molecule is CN=C(NCc1cccc(OC)c1)NCC(C)c1cccc(C)c1.I. The van der Waals surface area contributed by atoms with Gasteiger partial charge in [-0.25, -0.2) is 0 Å². The number of aliphatic imine (C=N–C) groups is 1. The second-order valence-corrected chi connectivity index (χ2v) is 5.97. The molecule has 0 radical (unpaired) electrons. The Balaban J connectivity index is 0.00000312. The topological polar surface area (TPSA) is 45.7 Å². The summed E-state index contributed by atoms with van der Waals surface area (Å²) >= 11 is 0. The number of guanidine groups is 1. The molecule has 2 aromatic rings. The molecule has 5 heteroatoms. The molecule has 0 aliphatic carbocycles. The third kappa shape index (κ3) is 6.94. The third-order valence-electron chi connectivity index (χ3n) is 4.00. The van der Waals surface area contributed by atoms with Crippen molar-refractivity contribution in [3.63, 3.8) is 0 Å². The van der Waals surface area contributed by atoms with Gasteiger partial charge in [-0.3, -0.25) is 4.99 Å². The lowest BCUT2D eigenvalue weighted by atomic mass is 9.99. The van der Waals surface area contributed by atoms with Crippen LogP contribution >= 0.6 is 24.0 Å². The van der Waals surface area contributed by atoms with Crippen molar-refractivity contribution in [3.05, 3.63) is 65.2 Å². The van der Waals surface area contributed by atoms with E-state index in [1.165, 1.54) is 11.1 Å². The number of aryl methyl sites for hydroxylation is 1. The molecule has 2 aromatic carbocycles. The standard InChI is InChI=1S/C20H27N3O.HI/c1-15-7-5-9-18(11-15)16(2)13-22-20(21-3)23-14-17-8-6-10-19(12-17)24-4;/h5-12,16H,13-14H2,1-4H3,(H2,21,22,23);1H. The van der Waals surface area contributed by atoms with E-state index in [1.54, 1.807) is 14.2 Å². The molecule has 0 saturated carbocycles. The van der Waals surface area contributed by atoms with Gasteiger partial charge in [0, 0.05) is 20.1 Å². The first-order chi connectivity index (χ1) is 11.6. The maximum absolute atomic E-state index is 5.25. The summed E-state index contributed by atoms with van der Waals surface area (Å²) in [4.78, 5) is 4.29. The average molecular weight is 453 g/mol. The Morgan fingerprint density at radius 1 is 1.12 bits per heavy atom. The van der Waals surface area contributed by atoms with Crippen LogP contribution in [0.3, 0.4) is 0 Å². The maximum Gasteiger partial charge on any atom is 0.191 e.